The first kappa shape index (κ1) is 16.0. The molecule has 1 rings (SSSR count). The van der Waals surface area contributed by atoms with Gasteiger partial charge in [-0.15, -0.1) is 0 Å². The second-order valence-corrected chi connectivity index (χ2v) is 5.23. The highest BCUT2D eigenvalue weighted by Gasteiger charge is 2.29. The van der Waals surface area contributed by atoms with Crippen molar-refractivity contribution >= 4 is 21.9 Å². The van der Waals surface area contributed by atoms with Crippen molar-refractivity contribution in [2.75, 3.05) is 18.5 Å². The lowest BCUT2D eigenvalue weighted by Crippen LogP contribution is -2.20. The summed E-state index contributed by atoms with van der Waals surface area (Å²) in [4.78, 5) is 11.9. The molecule has 5 nitrogen and oxygen atoms in total. The number of aromatic nitrogens is 1. The molecule has 0 saturated carbocycles. The molecule has 0 aliphatic heterocycles. The molecule has 1 aromatic rings. The van der Waals surface area contributed by atoms with Gasteiger partial charge in [0, 0.05) is 11.4 Å². The Labute approximate surface area is 121 Å². The summed E-state index contributed by atoms with van der Waals surface area (Å²) in [6, 6.07) is 1.66. The number of rotatable bonds is 8. The van der Waals surface area contributed by atoms with Crippen LogP contribution in [0.2, 0.25) is 0 Å². The molecule has 0 aliphatic rings. The van der Waals surface area contributed by atoms with Crippen LogP contribution in [-0.2, 0) is 9.53 Å². The minimum absolute atomic E-state index is 0.0717. The number of esters is 1. The zero-order chi connectivity index (χ0) is 14.3. The number of carbonyl (C=O) groups is 1. The van der Waals surface area contributed by atoms with E-state index in [4.69, 9.17) is 14.0 Å². The average Bonchev–Trinajstić information content (AvgIpc) is 2.78. The highest BCUT2D eigenvalue weighted by molar-refractivity contribution is 9.09. The van der Waals surface area contributed by atoms with Crippen LogP contribution in [0.3, 0.4) is 0 Å². The summed E-state index contributed by atoms with van der Waals surface area (Å²) in [6.07, 6.45) is 0.883. The first-order chi connectivity index (χ1) is 9.10. The summed E-state index contributed by atoms with van der Waals surface area (Å²) < 4.78 is 15.7. The third-order valence-corrected chi connectivity index (χ3v) is 3.11. The van der Waals surface area contributed by atoms with Gasteiger partial charge in [0.1, 0.15) is 5.92 Å². The van der Waals surface area contributed by atoms with Crippen LogP contribution in [-0.4, -0.2) is 29.7 Å². The van der Waals surface area contributed by atoms with Crippen LogP contribution in [0, 0.1) is 5.92 Å². The molecular weight excluding hydrogens is 314 g/mol. The van der Waals surface area contributed by atoms with E-state index in [9.17, 15) is 4.79 Å². The number of alkyl halides is 1. The highest BCUT2D eigenvalue weighted by Crippen LogP contribution is 2.28. The van der Waals surface area contributed by atoms with Gasteiger partial charge in [0.25, 0.3) is 5.88 Å². The van der Waals surface area contributed by atoms with Crippen LogP contribution < -0.4 is 4.74 Å². The average molecular weight is 334 g/mol. The summed E-state index contributed by atoms with van der Waals surface area (Å²) in [7, 11) is 0. The topological polar surface area (TPSA) is 61.6 Å². The van der Waals surface area contributed by atoms with Crippen molar-refractivity contribution in [1.29, 1.82) is 0 Å². The Bertz CT molecular complexity index is 392. The lowest BCUT2D eigenvalue weighted by Gasteiger charge is -2.15. The highest BCUT2D eigenvalue weighted by atomic mass is 79.9. The number of nitrogens with zero attached hydrogens (tertiary/aromatic N) is 1. The molecule has 1 heterocycles. The Hall–Kier alpha value is -1.04. The second-order valence-electron chi connectivity index (χ2n) is 4.43. The Morgan fingerprint density at radius 3 is 2.84 bits per heavy atom. The number of halogens is 1. The van der Waals surface area contributed by atoms with E-state index >= 15 is 0 Å². The molecule has 0 spiro atoms. The lowest BCUT2D eigenvalue weighted by atomic mass is 9.93. The normalized spacial score (nSPS) is 12.5. The van der Waals surface area contributed by atoms with E-state index in [1.54, 1.807) is 13.0 Å². The largest absolute Gasteiger partial charge is 0.475 e. The van der Waals surface area contributed by atoms with Gasteiger partial charge in [-0.05, 0) is 24.4 Å². The molecule has 0 N–H and O–H groups in total. The monoisotopic (exact) mass is 333 g/mol. The predicted octanol–water partition coefficient (Wildman–Crippen LogP) is 3.14. The van der Waals surface area contributed by atoms with Crippen LogP contribution in [0.25, 0.3) is 0 Å². The van der Waals surface area contributed by atoms with Gasteiger partial charge in [-0.2, -0.15) is 0 Å². The molecule has 6 heteroatoms. The number of hydrogen-bond donors (Lipinski definition) is 0. The second kappa shape index (κ2) is 8.19. The van der Waals surface area contributed by atoms with Gasteiger partial charge in [-0.3, -0.25) is 4.79 Å². The van der Waals surface area contributed by atoms with Crippen LogP contribution in [0.4, 0.5) is 0 Å². The Morgan fingerprint density at radius 1 is 1.53 bits per heavy atom. The zero-order valence-corrected chi connectivity index (χ0v) is 13.1. The number of hydrogen-bond acceptors (Lipinski definition) is 5. The van der Waals surface area contributed by atoms with E-state index in [-0.39, 0.29) is 11.9 Å². The molecule has 0 radical (unpaired) electrons. The van der Waals surface area contributed by atoms with Crippen molar-refractivity contribution in [3.63, 3.8) is 0 Å². The third-order valence-electron chi connectivity index (χ3n) is 2.55. The molecular formula is C13H20BrNO4. The van der Waals surface area contributed by atoms with Crippen LogP contribution in [0.5, 0.6) is 5.88 Å². The van der Waals surface area contributed by atoms with Gasteiger partial charge in [-0.1, -0.05) is 29.8 Å². The summed E-state index contributed by atoms with van der Waals surface area (Å²) >= 11 is 3.32. The number of ether oxygens (including phenoxy) is 2. The molecule has 0 aliphatic carbocycles. The fourth-order valence-electron chi connectivity index (χ4n) is 1.67. The molecule has 1 aromatic heterocycles. The van der Waals surface area contributed by atoms with Gasteiger partial charge < -0.3 is 14.0 Å². The standard InChI is InChI=1S/C13H20BrNO4/c1-4-17-13(16)12(9(2)3)10-8-11(15-19-10)18-7-5-6-14/h8-9,12H,4-7H2,1-3H3. The molecule has 0 bridgehead atoms. The maximum Gasteiger partial charge on any atom is 0.317 e. The van der Waals surface area contributed by atoms with E-state index in [0.717, 1.165) is 11.8 Å². The van der Waals surface area contributed by atoms with E-state index in [1.807, 2.05) is 13.8 Å². The first-order valence-corrected chi connectivity index (χ1v) is 7.54. The Kier molecular flexibility index (Phi) is 6.91. The van der Waals surface area contributed by atoms with Gasteiger partial charge in [0.05, 0.1) is 13.2 Å². The molecule has 108 valence electrons. The van der Waals surface area contributed by atoms with E-state index in [2.05, 4.69) is 21.1 Å². The van der Waals surface area contributed by atoms with Gasteiger partial charge >= 0.3 is 5.97 Å². The maximum atomic E-state index is 11.9. The third kappa shape index (κ3) is 4.86. The van der Waals surface area contributed by atoms with Crippen LogP contribution >= 0.6 is 15.9 Å². The molecule has 19 heavy (non-hydrogen) atoms. The van der Waals surface area contributed by atoms with E-state index in [0.29, 0.717) is 24.9 Å². The molecule has 0 saturated heterocycles. The minimum atomic E-state index is -0.444. The minimum Gasteiger partial charge on any atom is -0.475 e. The zero-order valence-electron chi connectivity index (χ0n) is 11.5. The molecule has 1 atom stereocenters. The van der Waals surface area contributed by atoms with E-state index in [1.165, 1.54) is 0 Å². The predicted molar refractivity (Wildman–Crippen MR) is 74.6 cm³/mol. The van der Waals surface area contributed by atoms with Crippen LogP contribution in [0.1, 0.15) is 38.9 Å². The summed E-state index contributed by atoms with van der Waals surface area (Å²) in [6.45, 7) is 6.57. The smallest absolute Gasteiger partial charge is 0.317 e. The van der Waals surface area contributed by atoms with Crippen molar-refractivity contribution in [3.05, 3.63) is 11.8 Å². The quantitative estimate of drug-likeness (QED) is 0.415. The fraction of sp³-hybridized carbons (Fsp3) is 0.692. The lowest BCUT2D eigenvalue weighted by molar-refractivity contribution is -0.146. The van der Waals surface area contributed by atoms with Crippen molar-refractivity contribution in [2.45, 2.75) is 33.1 Å². The van der Waals surface area contributed by atoms with Crippen molar-refractivity contribution in [1.82, 2.24) is 5.16 Å². The summed E-state index contributed by atoms with van der Waals surface area (Å²) in [5.41, 5.74) is 0. The van der Waals surface area contributed by atoms with Crippen molar-refractivity contribution in [2.24, 2.45) is 5.92 Å². The van der Waals surface area contributed by atoms with E-state index < -0.39 is 5.92 Å². The SMILES string of the molecule is CCOC(=O)C(c1cc(OCCCBr)no1)C(C)C. The fourth-order valence-corrected chi connectivity index (χ4v) is 1.90. The molecule has 1 unspecified atom stereocenters. The Morgan fingerprint density at radius 2 is 2.26 bits per heavy atom. The summed E-state index contributed by atoms with van der Waals surface area (Å²) in [5, 5.41) is 4.68. The number of carbonyl (C=O) groups excluding carboxylic acids is 1. The van der Waals surface area contributed by atoms with Gasteiger partial charge in [0.2, 0.25) is 0 Å². The molecule has 0 fully saturated rings. The Balaban J connectivity index is 2.72. The molecule has 0 amide bonds. The van der Waals surface area contributed by atoms with Gasteiger partial charge in [0.15, 0.2) is 5.76 Å². The first-order valence-electron chi connectivity index (χ1n) is 6.42. The van der Waals surface area contributed by atoms with Crippen molar-refractivity contribution in [3.8, 4) is 5.88 Å². The van der Waals surface area contributed by atoms with Crippen molar-refractivity contribution < 1.29 is 18.8 Å². The van der Waals surface area contributed by atoms with Gasteiger partial charge in [-0.25, -0.2) is 0 Å². The summed E-state index contributed by atoms with van der Waals surface area (Å²) in [5.74, 6) is 0.234. The maximum absolute atomic E-state index is 11.9. The molecule has 0 aromatic carbocycles. The van der Waals surface area contributed by atoms with Crippen LogP contribution in [0.15, 0.2) is 10.6 Å².